The molecule has 7 nitrogen and oxygen atoms in total. The molecule has 7 heteroatoms. The van der Waals surface area contributed by atoms with Crippen molar-refractivity contribution in [2.75, 3.05) is 18.4 Å². The summed E-state index contributed by atoms with van der Waals surface area (Å²) < 4.78 is 0. The Bertz CT molecular complexity index is 1300. The molecule has 188 valence electrons. The molecule has 4 aromatic rings. The summed E-state index contributed by atoms with van der Waals surface area (Å²) in [5.74, 6) is 0.319. The third kappa shape index (κ3) is 5.84. The molecule has 0 radical (unpaired) electrons. The lowest BCUT2D eigenvalue weighted by Crippen LogP contribution is -2.47. The van der Waals surface area contributed by atoms with Crippen LogP contribution in [0.1, 0.15) is 46.9 Å². The highest BCUT2D eigenvalue weighted by molar-refractivity contribution is 6.00. The number of pyridine rings is 1. The zero-order valence-corrected chi connectivity index (χ0v) is 20.7. The van der Waals surface area contributed by atoms with Gasteiger partial charge in [0, 0.05) is 42.8 Å². The van der Waals surface area contributed by atoms with Gasteiger partial charge >= 0.3 is 0 Å². The molecule has 1 amide bonds. The molecule has 2 aromatic heterocycles. The van der Waals surface area contributed by atoms with Crippen LogP contribution in [-0.2, 0) is 6.42 Å². The smallest absolute Gasteiger partial charge is 0.258 e. The van der Waals surface area contributed by atoms with Crippen LogP contribution in [0.5, 0.6) is 0 Å². The van der Waals surface area contributed by atoms with E-state index in [4.69, 9.17) is 4.98 Å². The number of amides is 1. The molecule has 1 fully saturated rings. The van der Waals surface area contributed by atoms with Crippen LogP contribution in [0.15, 0.2) is 91.4 Å². The minimum Gasteiger partial charge on any atom is -0.386 e. The van der Waals surface area contributed by atoms with Crippen LogP contribution < -0.4 is 5.32 Å². The van der Waals surface area contributed by atoms with Crippen molar-refractivity contribution in [2.24, 2.45) is 0 Å². The van der Waals surface area contributed by atoms with Crippen molar-refractivity contribution in [1.82, 2.24) is 19.9 Å². The maximum atomic E-state index is 13.9. The van der Waals surface area contributed by atoms with Gasteiger partial charge in [-0.1, -0.05) is 66.7 Å². The van der Waals surface area contributed by atoms with Gasteiger partial charge in [0.1, 0.15) is 6.10 Å². The second-order valence-corrected chi connectivity index (χ2v) is 9.28. The van der Waals surface area contributed by atoms with E-state index >= 15 is 0 Å². The van der Waals surface area contributed by atoms with Crippen LogP contribution >= 0.6 is 0 Å². The van der Waals surface area contributed by atoms with Crippen molar-refractivity contribution in [3.05, 3.63) is 108 Å². The number of benzene rings is 2. The van der Waals surface area contributed by atoms with E-state index in [1.807, 2.05) is 54.6 Å². The number of aromatic nitrogens is 3. The van der Waals surface area contributed by atoms with Gasteiger partial charge in [-0.3, -0.25) is 9.78 Å². The molecule has 0 spiro atoms. The summed E-state index contributed by atoms with van der Waals surface area (Å²) in [5, 5.41) is 14.5. The largest absolute Gasteiger partial charge is 0.386 e. The normalized spacial score (nSPS) is 16.2. The number of rotatable bonds is 8. The van der Waals surface area contributed by atoms with E-state index in [9.17, 15) is 9.90 Å². The number of likely N-dealkylation sites (tertiary alicyclic amines) is 1. The Kier molecular flexibility index (Phi) is 7.81. The maximum Gasteiger partial charge on any atom is 0.258 e. The Morgan fingerprint density at radius 3 is 2.54 bits per heavy atom. The lowest BCUT2D eigenvalue weighted by atomic mass is 9.92. The number of aliphatic hydroxyl groups is 1. The van der Waals surface area contributed by atoms with Gasteiger partial charge in [-0.15, -0.1) is 0 Å². The van der Waals surface area contributed by atoms with Crippen molar-refractivity contribution >= 4 is 11.9 Å². The van der Waals surface area contributed by atoms with Crippen molar-refractivity contribution in [2.45, 2.75) is 37.8 Å². The molecule has 2 unspecified atom stereocenters. The number of piperidine rings is 1. The first-order chi connectivity index (χ1) is 18.2. The Morgan fingerprint density at radius 2 is 1.78 bits per heavy atom. The highest BCUT2D eigenvalue weighted by Gasteiger charge is 2.34. The molecule has 2 aromatic carbocycles. The van der Waals surface area contributed by atoms with Crippen molar-refractivity contribution in [1.29, 1.82) is 0 Å². The first-order valence-corrected chi connectivity index (χ1v) is 12.8. The second kappa shape index (κ2) is 11.8. The molecule has 1 aliphatic rings. The molecular weight excluding hydrogens is 462 g/mol. The molecule has 37 heavy (non-hydrogen) atoms. The summed E-state index contributed by atoms with van der Waals surface area (Å²) in [7, 11) is 0. The molecule has 1 saturated heterocycles. The van der Waals surface area contributed by atoms with Gasteiger partial charge in [-0.05, 0) is 37.3 Å². The van der Waals surface area contributed by atoms with Gasteiger partial charge in [0.2, 0.25) is 5.95 Å². The van der Waals surface area contributed by atoms with E-state index in [1.165, 1.54) is 5.56 Å². The Labute approximate surface area is 217 Å². The highest BCUT2D eigenvalue weighted by Crippen LogP contribution is 2.31. The number of carbonyl (C=O) groups excluding carboxylic acids is 1. The fourth-order valence-corrected chi connectivity index (χ4v) is 4.87. The molecule has 3 heterocycles. The number of carbonyl (C=O) groups is 1. The Morgan fingerprint density at radius 1 is 1.00 bits per heavy atom. The van der Waals surface area contributed by atoms with Gasteiger partial charge in [0.25, 0.3) is 5.91 Å². The van der Waals surface area contributed by atoms with E-state index in [1.54, 1.807) is 29.6 Å². The van der Waals surface area contributed by atoms with E-state index in [2.05, 4.69) is 27.4 Å². The number of anilines is 1. The standard InChI is InChI=1S/C30H31N5O2/c36-28(24-14-9-17-31-20-24)26-15-7-8-19-35(26)29(37)25-21-33-30(32-18-16-22-10-3-1-4-11-22)34-27(25)23-12-5-2-6-13-23/h1-6,9-14,17,20-21,26,28,36H,7-8,15-16,18-19H2,(H,32,33,34). The third-order valence-corrected chi connectivity index (χ3v) is 6.81. The Hall–Kier alpha value is -4.10. The van der Waals surface area contributed by atoms with Crippen LogP contribution in [0, 0.1) is 0 Å². The summed E-state index contributed by atoms with van der Waals surface area (Å²) in [4.78, 5) is 29.2. The first kappa shape index (κ1) is 24.6. The summed E-state index contributed by atoms with van der Waals surface area (Å²) >= 11 is 0. The Balaban J connectivity index is 1.41. The number of aliphatic hydroxyl groups excluding tert-OH is 1. The molecule has 2 N–H and O–H groups in total. The van der Waals surface area contributed by atoms with Gasteiger partial charge in [-0.2, -0.15) is 0 Å². The van der Waals surface area contributed by atoms with Crippen molar-refractivity contribution in [3.8, 4) is 11.3 Å². The summed E-state index contributed by atoms with van der Waals surface area (Å²) in [6, 6.07) is 23.3. The minimum atomic E-state index is -0.807. The van der Waals surface area contributed by atoms with Crippen LogP contribution in [0.2, 0.25) is 0 Å². The predicted octanol–water partition coefficient (Wildman–Crippen LogP) is 4.92. The average molecular weight is 494 g/mol. The summed E-state index contributed by atoms with van der Waals surface area (Å²) in [6.07, 6.45) is 7.56. The molecular formula is C30H31N5O2. The van der Waals surface area contributed by atoms with E-state index in [-0.39, 0.29) is 11.9 Å². The van der Waals surface area contributed by atoms with Crippen molar-refractivity contribution < 1.29 is 9.90 Å². The van der Waals surface area contributed by atoms with Gasteiger partial charge in [0.15, 0.2) is 0 Å². The van der Waals surface area contributed by atoms with Gasteiger partial charge in [-0.25, -0.2) is 9.97 Å². The number of hydrogen-bond acceptors (Lipinski definition) is 6. The van der Waals surface area contributed by atoms with Crippen LogP contribution in [0.25, 0.3) is 11.3 Å². The summed E-state index contributed by atoms with van der Waals surface area (Å²) in [5.41, 5.74) is 3.81. The topological polar surface area (TPSA) is 91.2 Å². The zero-order valence-electron chi connectivity index (χ0n) is 20.7. The van der Waals surface area contributed by atoms with Gasteiger partial charge in [0.05, 0.1) is 17.3 Å². The van der Waals surface area contributed by atoms with E-state index in [0.717, 1.165) is 31.2 Å². The quantitative estimate of drug-likeness (QED) is 0.362. The zero-order chi connectivity index (χ0) is 25.5. The predicted molar refractivity (Wildman–Crippen MR) is 144 cm³/mol. The van der Waals surface area contributed by atoms with E-state index < -0.39 is 6.10 Å². The van der Waals surface area contributed by atoms with Crippen molar-refractivity contribution in [3.63, 3.8) is 0 Å². The molecule has 1 aliphatic heterocycles. The molecule has 0 saturated carbocycles. The molecule has 5 rings (SSSR count). The van der Waals surface area contributed by atoms with E-state index in [0.29, 0.717) is 35.9 Å². The lowest BCUT2D eigenvalue weighted by molar-refractivity contribution is 0.0211. The first-order valence-electron chi connectivity index (χ1n) is 12.8. The molecule has 0 aliphatic carbocycles. The summed E-state index contributed by atoms with van der Waals surface area (Å²) in [6.45, 7) is 1.25. The minimum absolute atomic E-state index is 0.165. The third-order valence-electron chi connectivity index (χ3n) is 6.81. The van der Waals surface area contributed by atoms with Crippen LogP contribution in [0.3, 0.4) is 0 Å². The van der Waals surface area contributed by atoms with Gasteiger partial charge < -0.3 is 15.3 Å². The maximum absolute atomic E-state index is 13.9. The monoisotopic (exact) mass is 493 g/mol. The SMILES string of the molecule is O=C(c1cnc(NCCc2ccccc2)nc1-c1ccccc1)N1CCCCC1C(O)c1cccnc1. The fourth-order valence-electron chi connectivity index (χ4n) is 4.87. The molecule has 0 bridgehead atoms. The average Bonchev–Trinajstić information content (AvgIpc) is 2.98. The number of nitrogens with zero attached hydrogens (tertiary/aromatic N) is 4. The molecule has 2 atom stereocenters. The highest BCUT2D eigenvalue weighted by atomic mass is 16.3. The number of hydrogen-bond donors (Lipinski definition) is 2. The van der Waals surface area contributed by atoms with Crippen LogP contribution in [-0.4, -0.2) is 50.0 Å². The second-order valence-electron chi connectivity index (χ2n) is 9.28. The number of nitrogens with one attached hydrogen (secondary N) is 1. The fraction of sp³-hybridized carbons (Fsp3) is 0.267. The van der Waals surface area contributed by atoms with Crippen LogP contribution in [0.4, 0.5) is 5.95 Å². The lowest BCUT2D eigenvalue weighted by Gasteiger charge is -2.38.